The van der Waals surface area contributed by atoms with Gasteiger partial charge in [-0.2, -0.15) is 0 Å². The van der Waals surface area contributed by atoms with Crippen LogP contribution in [0.25, 0.3) is 0 Å². The number of nitrogens with zero attached hydrogens (tertiary/aromatic N) is 1. The average molecular weight is 578 g/mol. The number of carbonyl (C=O) groups is 6. The van der Waals surface area contributed by atoms with Gasteiger partial charge in [-0.15, -0.1) is 0 Å². The fraction of sp³-hybridized carbons (Fsp3) is 0.0625. The second kappa shape index (κ2) is 11.8. The smallest absolute Gasteiger partial charge is 0.337 e. The van der Waals surface area contributed by atoms with Crippen LogP contribution in [-0.4, -0.2) is 49.8 Å². The molecule has 0 fully saturated rings. The molecule has 214 valence electrons. The number of methoxy groups -OCH3 is 2. The zero-order chi connectivity index (χ0) is 30.7. The van der Waals surface area contributed by atoms with Crippen LogP contribution >= 0.6 is 0 Å². The second-order valence-corrected chi connectivity index (χ2v) is 9.31. The third-order valence-corrected chi connectivity index (χ3v) is 6.58. The Morgan fingerprint density at radius 3 is 1.42 bits per heavy atom. The molecule has 2 N–H and O–H groups in total. The fourth-order valence-electron chi connectivity index (χ4n) is 4.52. The second-order valence-electron chi connectivity index (χ2n) is 9.31. The molecule has 4 amide bonds. The zero-order valence-electron chi connectivity index (χ0n) is 22.9. The lowest BCUT2D eigenvalue weighted by molar-refractivity contribution is 0.0592. The summed E-state index contributed by atoms with van der Waals surface area (Å²) < 4.78 is 9.45. The normalized spacial score (nSPS) is 11.9. The minimum atomic E-state index is -0.679. The summed E-state index contributed by atoms with van der Waals surface area (Å²) in [5.74, 6) is -3.77. The number of ether oxygens (including phenoxy) is 2. The van der Waals surface area contributed by atoms with Crippen LogP contribution in [0.4, 0.5) is 17.1 Å². The van der Waals surface area contributed by atoms with Gasteiger partial charge in [0.25, 0.3) is 23.6 Å². The maximum atomic E-state index is 13.4. The van der Waals surface area contributed by atoms with Crippen molar-refractivity contribution in [2.24, 2.45) is 0 Å². The largest absolute Gasteiger partial charge is 0.465 e. The van der Waals surface area contributed by atoms with Gasteiger partial charge in [0, 0.05) is 22.5 Å². The fourth-order valence-corrected chi connectivity index (χ4v) is 4.52. The van der Waals surface area contributed by atoms with Gasteiger partial charge in [-0.3, -0.25) is 19.2 Å². The van der Waals surface area contributed by atoms with Crippen molar-refractivity contribution in [1.82, 2.24) is 0 Å². The third kappa shape index (κ3) is 5.72. The van der Waals surface area contributed by atoms with Crippen molar-refractivity contribution in [3.05, 3.63) is 124 Å². The van der Waals surface area contributed by atoms with Crippen LogP contribution in [0.2, 0.25) is 0 Å². The molecule has 1 aliphatic rings. The Balaban J connectivity index is 1.52. The van der Waals surface area contributed by atoms with E-state index in [0.717, 1.165) is 4.90 Å². The quantitative estimate of drug-likeness (QED) is 0.240. The predicted molar refractivity (Wildman–Crippen MR) is 155 cm³/mol. The molecule has 0 radical (unpaired) electrons. The van der Waals surface area contributed by atoms with E-state index in [2.05, 4.69) is 10.6 Å². The molecule has 4 aromatic carbocycles. The van der Waals surface area contributed by atoms with Crippen LogP contribution in [0, 0.1) is 0 Å². The molecule has 5 rings (SSSR count). The van der Waals surface area contributed by atoms with E-state index in [0.29, 0.717) is 0 Å². The molecule has 0 spiro atoms. The topological polar surface area (TPSA) is 148 Å². The van der Waals surface area contributed by atoms with Gasteiger partial charge in [0.1, 0.15) is 0 Å². The Morgan fingerprint density at radius 2 is 1.00 bits per heavy atom. The Labute approximate surface area is 245 Å². The number of hydrogen-bond acceptors (Lipinski definition) is 8. The number of benzene rings is 4. The number of rotatable bonds is 7. The van der Waals surface area contributed by atoms with Gasteiger partial charge < -0.3 is 20.1 Å². The van der Waals surface area contributed by atoms with Crippen molar-refractivity contribution in [1.29, 1.82) is 0 Å². The summed E-state index contributed by atoms with van der Waals surface area (Å²) in [6.07, 6.45) is 0. The molecule has 0 aliphatic carbocycles. The van der Waals surface area contributed by atoms with E-state index in [1.807, 2.05) is 0 Å². The summed E-state index contributed by atoms with van der Waals surface area (Å²) in [4.78, 5) is 78.0. The molecule has 11 heteroatoms. The maximum absolute atomic E-state index is 13.4. The van der Waals surface area contributed by atoms with Crippen molar-refractivity contribution in [2.75, 3.05) is 29.8 Å². The van der Waals surface area contributed by atoms with Gasteiger partial charge in [-0.25, -0.2) is 14.5 Å². The van der Waals surface area contributed by atoms with Crippen LogP contribution in [0.3, 0.4) is 0 Å². The summed E-state index contributed by atoms with van der Waals surface area (Å²) >= 11 is 0. The van der Waals surface area contributed by atoms with Crippen molar-refractivity contribution in [2.45, 2.75) is 0 Å². The minimum Gasteiger partial charge on any atom is -0.465 e. The standard InChI is InChI=1S/C32H23N3O8/c1-42-31(40)18-7-5-9-22(14-18)33-27(36)20-13-21(28(37)34-23-10-6-8-19(15-23)32(41)43-2)17-24(16-20)35-29(38)25-11-3-4-12-26(25)30(35)39/h3-17H,1-2H3,(H,33,36)(H,34,37). The number of imide groups is 1. The van der Waals surface area contributed by atoms with E-state index in [1.165, 1.54) is 68.8 Å². The SMILES string of the molecule is COC(=O)c1cccc(NC(=O)c2cc(C(=O)Nc3cccc(C(=O)OC)c3)cc(N3C(=O)c4ccccc4C3=O)c2)c1. The van der Waals surface area contributed by atoms with Gasteiger partial charge in [0.05, 0.1) is 42.2 Å². The summed E-state index contributed by atoms with van der Waals surface area (Å²) in [7, 11) is 2.47. The molecule has 0 unspecified atom stereocenters. The molecule has 1 heterocycles. The predicted octanol–water partition coefficient (Wildman–Crippen LogP) is 4.57. The first-order valence-corrected chi connectivity index (χ1v) is 12.8. The van der Waals surface area contributed by atoms with Crippen molar-refractivity contribution in [3.63, 3.8) is 0 Å². The van der Waals surface area contributed by atoms with Crippen molar-refractivity contribution >= 4 is 52.6 Å². The van der Waals surface area contributed by atoms with Gasteiger partial charge in [-0.05, 0) is 66.7 Å². The highest BCUT2D eigenvalue weighted by molar-refractivity contribution is 6.34. The number of hydrogen-bond donors (Lipinski definition) is 2. The number of esters is 2. The lowest BCUT2D eigenvalue weighted by Gasteiger charge is -2.17. The molecule has 1 aliphatic heterocycles. The summed E-state index contributed by atoms with van der Waals surface area (Å²) in [6.45, 7) is 0. The molecule has 0 saturated carbocycles. The van der Waals surface area contributed by atoms with Crippen LogP contribution in [0.5, 0.6) is 0 Å². The Morgan fingerprint density at radius 1 is 0.558 bits per heavy atom. The Bertz CT molecular complexity index is 1700. The lowest BCUT2D eigenvalue weighted by Crippen LogP contribution is -2.30. The van der Waals surface area contributed by atoms with Gasteiger partial charge in [0.2, 0.25) is 0 Å². The van der Waals surface area contributed by atoms with Crippen LogP contribution < -0.4 is 15.5 Å². The first-order valence-electron chi connectivity index (χ1n) is 12.8. The number of anilines is 3. The van der Waals surface area contributed by atoms with Gasteiger partial charge in [0.15, 0.2) is 0 Å². The third-order valence-electron chi connectivity index (χ3n) is 6.58. The molecule has 0 bridgehead atoms. The molecule has 0 atom stereocenters. The first kappa shape index (κ1) is 28.4. The summed E-state index contributed by atoms with van der Waals surface area (Å²) in [5.41, 5.74) is 1.21. The number of fused-ring (bicyclic) bond motifs is 1. The summed E-state index contributed by atoms with van der Waals surface area (Å²) in [6, 6.07) is 22.3. The van der Waals surface area contributed by atoms with Crippen LogP contribution in [0.1, 0.15) is 62.1 Å². The average Bonchev–Trinajstić information content (AvgIpc) is 3.29. The van der Waals surface area contributed by atoms with Gasteiger partial charge in [-0.1, -0.05) is 24.3 Å². The van der Waals surface area contributed by atoms with Crippen LogP contribution in [0.15, 0.2) is 91.0 Å². The minimum absolute atomic E-state index is 0.00405. The van der Waals surface area contributed by atoms with E-state index in [1.54, 1.807) is 36.4 Å². The highest BCUT2D eigenvalue weighted by atomic mass is 16.5. The lowest BCUT2D eigenvalue weighted by atomic mass is 10.1. The van der Waals surface area contributed by atoms with Crippen LogP contribution in [-0.2, 0) is 9.47 Å². The van der Waals surface area contributed by atoms with Crippen molar-refractivity contribution in [3.8, 4) is 0 Å². The van der Waals surface area contributed by atoms with E-state index in [9.17, 15) is 28.8 Å². The van der Waals surface area contributed by atoms with Crippen molar-refractivity contribution < 1.29 is 38.2 Å². The molecule has 0 saturated heterocycles. The molecule has 43 heavy (non-hydrogen) atoms. The highest BCUT2D eigenvalue weighted by Gasteiger charge is 2.37. The van der Waals surface area contributed by atoms with Gasteiger partial charge >= 0.3 is 11.9 Å². The van der Waals surface area contributed by atoms with E-state index < -0.39 is 35.6 Å². The van der Waals surface area contributed by atoms with E-state index in [-0.39, 0.29) is 50.4 Å². The molecule has 11 nitrogen and oxygen atoms in total. The monoisotopic (exact) mass is 577 g/mol. The number of carbonyl (C=O) groups excluding carboxylic acids is 6. The highest BCUT2D eigenvalue weighted by Crippen LogP contribution is 2.30. The molecule has 0 aromatic heterocycles. The number of nitrogens with one attached hydrogen (secondary N) is 2. The molecular formula is C32H23N3O8. The zero-order valence-corrected chi connectivity index (χ0v) is 22.9. The Hall–Kier alpha value is -6.10. The maximum Gasteiger partial charge on any atom is 0.337 e. The Kier molecular flexibility index (Phi) is 7.79. The number of amides is 4. The van der Waals surface area contributed by atoms with E-state index >= 15 is 0 Å². The summed E-state index contributed by atoms with van der Waals surface area (Å²) in [5, 5.41) is 5.32. The molecular weight excluding hydrogens is 554 g/mol. The first-order chi connectivity index (χ1) is 20.7. The molecule has 4 aromatic rings. The van der Waals surface area contributed by atoms with E-state index in [4.69, 9.17) is 9.47 Å².